The fraction of sp³-hybridized carbons (Fsp3) is 0.786. The molecule has 0 aromatic carbocycles. The fourth-order valence-electron chi connectivity index (χ4n) is 2.47. The molecule has 3 nitrogen and oxygen atoms in total. The molecule has 2 N–H and O–H groups in total. The highest BCUT2D eigenvalue weighted by Gasteiger charge is 2.11. The van der Waals surface area contributed by atoms with E-state index in [1.54, 1.807) is 0 Å². The van der Waals surface area contributed by atoms with Gasteiger partial charge in [0.2, 0.25) is 0 Å². The summed E-state index contributed by atoms with van der Waals surface area (Å²) in [7, 11) is 0. The molecule has 1 atom stereocenters. The minimum absolute atomic E-state index is 0.909. The summed E-state index contributed by atoms with van der Waals surface area (Å²) in [5.74, 6) is 0.909. The molecule has 1 aromatic rings. The van der Waals surface area contributed by atoms with E-state index in [2.05, 4.69) is 22.5 Å². The molecule has 0 aliphatic carbocycles. The first-order valence-corrected chi connectivity index (χ1v) is 8.05. The molecule has 1 aliphatic heterocycles. The van der Waals surface area contributed by atoms with Crippen LogP contribution in [-0.4, -0.2) is 24.6 Å². The molecule has 0 spiro atoms. The van der Waals surface area contributed by atoms with Crippen molar-refractivity contribution >= 4 is 11.3 Å². The summed E-state index contributed by atoms with van der Waals surface area (Å²) in [4.78, 5) is 5.81. The molecule has 1 aromatic heterocycles. The minimum atomic E-state index is 0.909. The Morgan fingerprint density at radius 2 is 2.50 bits per heavy atom. The topological polar surface area (TPSA) is 37.0 Å². The Bertz CT molecular complexity index is 332. The number of hydrogen-bond donors (Lipinski definition) is 2. The van der Waals surface area contributed by atoms with Crippen LogP contribution in [0.1, 0.15) is 42.5 Å². The number of aromatic nitrogens is 1. The Kier molecular flexibility index (Phi) is 6.11. The summed E-state index contributed by atoms with van der Waals surface area (Å²) >= 11 is 1.84. The zero-order chi connectivity index (χ0) is 12.6. The molecule has 1 unspecified atom stereocenters. The third kappa shape index (κ3) is 4.67. The SMILES string of the molecule is CCc1cnc(CNCCCC2CCCNC2)s1. The smallest absolute Gasteiger partial charge is 0.107 e. The maximum absolute atomic E-state index is 4.42. The summed E-state index contributed by atoms with van der Waals surface area (Å²) in [6.07, 6.45) is 8.54. The number of nitrogens with one attached hydrogen (secondary N) is 2. The average Bonchev–Trinajstić information content (AvgIpc) is 2.87. The van der Waals surface area contributed by atoms with Crippen LogP contribution in [0, 0.1) is 5.92 Å². The van der Waals surface area contributed by atoms with Crippen molar-refractivity contribution in [2.75, 3.05) is 19.6 Å². The van der Waals surface area contributed by atoms with Gasteiger partial charge in [0.1, 0.15) is 5.01 Å². The van der Waals surface area contributed by atoms with Crippen LogP contribution in [0.25, 0.3) is 0 Å². The van der Waals surface area contributed by atoms with Gasteiger partial charge in [-0.15, -0.1) is 11.3 Å². The molecule has 1 saturated heterocycles. The van der Waals surface area contributed by atoms with Crippen molar-refractivity contribution in [1.29, 1.82) is 0 Å². The highest BCUT2D eigenvalue weighted by molar-refractivity contribution is 7.11. The molecule has 0 radical (unpaired) electrons. The highest BCUT2D eigenvalue weighted by Crippen LogP contribution is 2.16. The highest BCUT2D eigenvalue weighted by atomic mass is 32.1. The van der Waals surface area contributed by atoms with Gasteiger partial charge in [-0.05, 0) is 57.7 Å². The van der Waals surface area contributed by atoms with Gasteiger partial charge in [-0.1, -0.05) is 6.92 Å². The normalized spacial score (nSPS) is 20.2. The molecule has 102 valence electrons. The standard InChI is InChI=1S/C14H25N3S/c1-2-13-10-17-14(18-13)11-16-8-4-6-12-5-3-7-15-9-12/h10,12,15-16H,2-9,11H2,1H3. The molecule has 1 fully saturated rings. The fourth-order valence-corrected chi connectivity index (χ4v) is 3.31. The van der Waals surface area contributed by atoms with Crippen LogP contribution in [0.15, 0.2) is 6.20 Å². The van der Waals surface area contributed by atoms with E-state index in [4.69, 9.17) is 0 Å². The minimum Gasteiger partial charge on any atom is -0.316 e. The zero-order valence-corrected chi connectivity index (χ0v) is 12.2. The molecule has 0 bridgehead atoms. The molecule has 2 rings (SSSR count). The maximum Gasteiger partial charge on any atom is 0.107 e. The Balaban J connectivity index is 1.52. The first kappa shape index (κ1) is 14.0. The van der Waals surface area contributed by atoms with Crippen LogP contribution in [0.5, 0.6) is 0 Å². The Labute approximate surface area is 114 Å². The molecule has 1 aliphatic rings. The monoisotopic (exact) mass is 267 g/mol. The van der Waals surface area contributed by atoms with Crippen LogP contribution in [0.3, 0.4) is 0 Å². The van der Waals surface area contributed by atoms with Crippen molar-refractivity contribution in [2.45, 2.75) is 45.6 Å². The van der Waals surface area contributed by atoms with E-state index in [0.717, 1.165) is 25.4 Å². The van der Waals surface area contributed by atoms with Gasteiger partial charge < -0.3 is 10.6 Å². The first-order valence-electron chi connectivity index (χ1n) is 7.23. The van der Waals surface area contributed by atoms with E-state index in [1.165, 1.54) is 48.7 Å². The predicted octanol–water partition coefficient (Wildman–Crippen LogP) is 2.57. The lowest BCUT2D eigenvalue weighted by molar-refractivity contribution is 0.348. The van der Waals surface area contributed by atoms with Crippen LogP contribution >= 0.6 is 11.3 Å². The largest absolute Gasteiger partial charge is 0.316 e. The second kappa shape index (κ2) is 7.87. The molecule has 0 saturated carbocycles. The van der Waals surface area contributed by atoms with E-state index in [9.17, 15) is 0 Å². The molecule has 0 amide bonds. The molecular formula is C14H25N3S. The quantitative estimate of drug-likeness (QED) is 0.746. The van der Waals surface area contributed by atoms with Crippen molar-refractivity contribution < 1.29 is 0 Å². The Morgan fingerprint density at radius 3 is 3.22 bits per heavy atom. The van der Waals surface area contributed by atoms with Gasteiger partial charge in [-0.2, -0.15) is 0 Å². The summed E-state index contributed by atoms with van der Waals surface area (Å²) in [5, 5.41) is 8.22. The third-order valence-corrected chi connectivity index (χ3v) is 4.73. The zero-order valence-electron chi connectivity index (χ0n) is 11.4. The lowest BCUT2D eigenvalue weighted by Gasteiger charge is -2.22. The van der Waals surface area contributed by atoms with Gasteiger partial charge in [-0.3, -0.25) is 0 Å². The van der Waals surface area contributed by atoms with E-state index in [1.807, 2.05) is 17.5 Å². The van der Waals surface area contributed by atoms with Gasteiger partial charge in [0.25, 0.3) is 0 Å². The second-order valence-electron chi connectivity index (χ2n) is 5.11. The second-order valence-corrected chi connectivity index (χ2v) is 6.30. The van der Waals surface area contributed by atoms with Crippen molar-refractivity contribution in [3.05, 3.63) is 16.1 Å². The van der Waals surface area contributed by atoms with Crippen molar-refractivity contribution in [2.24, 2.45) is 5.92 Å². The first-order chi connectivity index (χ1) is 8.88. The number of hydrogen-bond acceptors (Lipinski definition) is 4. The van der Waals surface area contributed by atoms with Gasteiger partial charge in [0.05, 0.1) is 0 Å². The van der Waals surface area contributed by atoms with Crippen LogP contribution in [0.2, 0.25) is 0 Å². The van der Waals surface area contributed by atoms with Crippen molar-refractivity contribution in [3.63, 3.8) is 0 Å². The van der Waals surface area contributed by atoms with Gasteiger partial charge >= 0.3 is 0 Å². The van der Waals surface area contributed by atoms with Gasteiger partial charge in [0.15, 0.2) is 0 Å². The Hall–Kier alpha value is -0.450. The predicted molar refractivity (Wildman–Crippen MR) is 78.0 cm³/mol. The van der Waals surface area contributed by atoms with Crippen LogP contribution < -0.4 is 10.6 Å². The van der Waals surface area contributed by atoms with Crippen LogP contribution in [-0.2, 0) is 13.0 Å². The summed E-state index contributed by atoms with van der Waals surface area (Å²) < 4.78 is 0. The summed E-state index contributed by atoms with van der Waals surface area (Å²) in [6, 6.07) is 0. The van der Waals surface area contributed by atoms with Crippen molar-refractivity contribution in [1.82, 2.24) is 15.6 Å². The number of thiazole rings is 1. The molecule has 2 heterocycles. The number of piperidine rings is 1. The lowest BCUT2D eigenvalue weighted by atomic mass is 9.95. The van der Waals surface area contributed by atoms with Crippen LogP contribution in [0.4, 0.5) is 0 Å². The number of aryl methyl sites for hydroxylation is 1. The van der Waals surface area contributed by atoms with E-state index in [-0.39, 0.29) is 0 Å². The van der Waals surface area contributed by atoms with Crippen molar-refractivity contribution in [3.8, 4) is 0 Å². The Morgan fingerprint density at radius 1 is 1.56 bits per heavy atom. The lowest BCUT2D eigenvalue weighted by Crippen LogP contribution is -2.30. The molecule has 18 heavy (non-hydrogen) atoms. The van der Waals surface area contributed by atoms with Gasteiger partial charge in [-0.25, -0.2) is 4.98 Å². The van der Waals surface area contributed by atoms with E-state index in [0.29, 0.717) is 0 Å². The summed E-state index contributed by atoms with van der Waals surface area (Å²) in [5.41, 5.74) is 0. The number of nitrogens with zero attached hydrogens (tertiary/aromatic N) is 1. The maximum atomic E-state index is 4.42. The average molecular weight is 267 g/mol. The third-order valence-electron chi connectivity index (χ3n) is 3.59. The summed E-state index contributed by atoms with van der Waals surface area (Å²) in [6.45, 7) is 6.69. The van der Waals surface area contributed by atoms with Gasteiger partial charge in [0, 0.05) is 17.6 Å². The molecule has 4 heteroatoms. The molecular weight excluding hydrogens is 242 g/mol. The number of rotatable bonds is 7. The van der Waals surface area contributed by atoms with E-state index < -0.39 is 0 Å². The van der Waals surface area contributed by atoms with E-state index >= 15 is 0 Å².